The van der Waals surface area contributed by atoms with Crippen LogP contribution in [0.5, 0.6) is 0 Å². The van der Waals surface area contributed by atoms with Crippen molar-refractivity contribution in [2.24, 2.45) is 7.05 Å². The predicted molar refractivity (Wildman–Crippen MR) is 84.5 cm³/mol. The smallest absolute Gasteiger partial charge is 0.209 e. The Labute approximate surface area is 129 Å². The number of hydrogen-bond donors (Lipinski definition) is 1. The van der Waals surface area contributed by atoms with Crippen LogP contribution in [0, 0.1) is 0 Å². The van der Waals surface area contributed by atoms with Crippen molar-refractivity contribution in [3.63, 3.8) is 0 Å². The molecule has 0 aliphatic carbocycles. The van der Waals surface area contributed by atoms with E-state index in [1.54, 1.807) is 16.4 Å². The lowest BCUT2D eigenvalue weighted by molar-refractivity contribution is 0.636. The van der Waals surface area contributed by atoms with Gasteiger partial charge in [0.1, 0.15) is 0 Å². The molecule has 110 valence electrons. The zero-order valence-corrected chi connectivity index (χ0v) is 13.3. The van der Waals surface area contributed by atoms with E-state index < -0.39 is 0 Å². The van der Waals surface area contributed by atoms with Gasteiger partial charge in [0, 0.05) is 25.9 Å². The molecular formula is C13H20ClN5S. The van der Waals surface area contributed by atoms with Crippen LogP contribution in [-0.4, -0.2) is 39.0 Å². The first kappa shape index (κ1) is 16.9. The van der Waals surface area contributed by atoms with Gasteiger partial charge in [-0.2, -0.15) is 0 Å². The molecule has 0 radical (unpaired) electrons. The zero-order chi connectivity index (χ0) is 13.5. The molecule has 0 saturated heterocycles. The highest BCUT2D eigenvalue weighted by Crippen LogP contribution is 2.13. The first-order valence-electron chi connectivity index (χ1n) is 6.38. The maximum absolute atomic E-state index is 3.93. The van der Waals surface area contributed by atoms with E-state index >= 15 is 0 Å². The average Bonchev–Trinajstić information content (AvgIpc) is 2.85. The summed E-state index contributed by atoms with van der Waals surface area (Å²) in [6.45, 7) is 4.18. The maximum atomic E-state index is 3.93. The van der Waals surface area contributed by atoms with Crippen molar-refractivity contribution in [2.45, 2.75) is 18.0 Å². The third kappa shape index (κ3) is 5.11. The highest BCUT2D eigenvalue weighted by atomic mass is 35.5. The van der Waals surface area contributed by atoms with E-state index in [0.29, 0.717) is 5.92 Å². The van der Waals surface area contributed by atoms with Crippen LogP contribution in [-0.2, 0) is 7.05 Å². The number of thioether (sulfide) groups is 1. The normalized spacial score (nSPS) is 11.9. The Morgan fingerprint density at radius 3 is 2.70 bits per heavy atom. The molecule has 1 heterocycles. The lowest BCUT2D eigenvalue weighted by Crippen LogP contribution is -2.22. The number of nitrogens with one attached hydrogen (secondary N) is 1. The summed E-state index contributed by atoms with van der Waals surface area (Å²) < 4.78 is 1.69. The first-order chi connectivity index (χ1) is 9.27. The Balaban J connectivity index is 0.00000200. The monoisotopic (exact) mass is 313 g/mol. The van der Waals surface area contributed by atoms with Gasteiger partial charge < -0.3 is 5.32 Å². The second-order valence-corrected chi connectivity index (χ2v) is 5.51. The molecule has 2 rings (SSSR count). The molecule has 0 aliphatic heterocycles. The van der Waals surface area contributed by atoms with Gasteiger partial charge >= 0.3 is 0 Å². The summed E-state index contributed by atoms with van der Waals surface area (Å²) in [5.41, 5.74) is 1.38. The number of aryl methyl sites for hydroxylation is 1. The van der Waals surface area contributed by atoms with Crippen LogP contribution in [0.3, 0.4) is 0 Å². The van der Waals surface area contributed by atoms with Gasteiger partial charge in [0.25, 0.3) is 0 Å². The standard InChI is InChI=1S/C13H19N5S.ClH/c1-11(12-6-4-3-5-7-12)10-14-8-9-19-13-15-16-17-18(13)2;/h3-7,11,14H,8-10H2,1-2H3;1H. The highest BCUT2D eigenvalue weighted by Gasteiger charge is 2.05. The lowest BCUT2D eigenvalue weighted by atomic mass is 10.0. The number of rotatable bonds is 7. The van der Waals surface area contributed by atoms with Gasteiger partial charge in [0.05, 0.1) is 0 Å². The van der Waals surface area contributed by atoms with Crippen LogP contribution in [0.25, 0.3) is 0 Å². The van der Waals surface area contributed by atoms with E-state index in [0.717, 1.165) is 24.0 Å². The Morgan fingerprint density at radius 1 is 1.30 bits per heavy atom. The van der Waals surface area contributed by atoms with E-state index in [1.165, 1.54) is 5.56 Å². The van der Waals surface area contributed by atoms with Gasteiger partial charge in [-0.1, -0.05) is 49.0 Å². The van der Waals surface area contributed by atoms with E-state index in [1.807, 2.05) is 7.05 Å². The maximum Gasteiger partial charge on any atom is 0.209 e. The SMILES string of the molecule is CC(CNCCSc1nnnn1C)c1ccccc1.Cl. The summed E-state index contributed by atoms with van der Waals surface area (Å²) in [5.74, 6) is 1.50. The summed E-state index contributed by atoms with van der Waals surface area (Å²) >= 11 is 1.67. The molecular weight excluding hydrogens is 294 g/mol. The van der Waals surface area contributed by atoms with Crippen LogP contribution in [0.4, 0.5) is 0 Å². The van der Waals surface area contributed by atoms with Crippen molar-refractivity contribution in [1.29, 1.82) is 0 Å². The summed E-state index contributed by atoms with van der Waals surface area (Å²) in [4.78, 5) is 0. The van der Waals surface area contributed by atoms with E-state index in [9.17, 15) is 0 Å². The van der Waals surface area contributed by atoms with Gasteiger partial charge in [0.15, 0.2) is 0 Å². The van der Waals surface area contributed by atoms with Crippen molar-refractivity contribution in [3.05, 3.63) is 35.9 Å². The van der Waals surface area contributed by atoms with E-state index in [-0.39, 0.29) is 12.4 Å². The molecule has 0 aliphatic rings. The molecule has 1 aromatic heterocycles. The molecule has 0 bridgehead atoms. The molecule has 0 saturated carbocycles. The van der Waals surface area contributed by atoms with Gasteiger partial charge in [-0.05, 0) is 21.9 Å². The molecule has 5 nitrogen and oxygen atoms in total. The van der Waals surface area contributed by atoms with Gasteiger partial charge in [-0.15, -0.1) is 17.5 Å². The van der Waals surface area contributed by atoms with Crippen LogP contribution in [0.1, 0.15) is 18.4 Å². The fraction of sp³-hybridized carbons (Fsp3) is 0.462. The minimum absolute atomic E-state index is 0. The van der Waals surface area contributed by atoms with Crippen molar-refractivity contribution in [1.82, 2.24) is 25.5 Å². The number of benzene rings is 1. The minimum Gasteiger partial charge on any atom is -0.315 e. The molecule has 0 fully saturated rings. The van der Waals surface area contributed by atoms with Crippen molar-refractivity contribution in [2.75, 3.05) is 18.8 Å². The Morgan fingerprint density at radius 2 is 2.05 bits per heavy atom. The third-order valence-electron chi connectivity index (χ3n) is 2.91. The lowest BCUT2D eigenvalue weighted by Gasteiger charge is -2.12. The van der Waals surface area contributed by atoms with Gasteiger partial charge in [-0.25, -0.2) is 4.68 Å². The zero-order valence-electron chi connectivity index (χ0n) is 11.7. The van der Waals surface area contributed by atoms with E-state index in [2.05, 4.69) is 58.1 Å². The first-order valence-corrected chi connectivity index (χ1v) is 7.36. The third-order valence-corrected chi connectivity index (χ3v) is 3.92. The van der Waals surface area contributed by atoms with Crippen LogP contribution >= 0.6 is 24.2 Å². The average molecular weight is 314 g/mol. The predicted octanol–water partition coefficient (Wildman–Crippen LogP) is 2.12. The highest BCUT2D eigenvalue weighted by molar-refractivity contribution is 7.99. The van der Waals surface area contributed by atoms with Crippen molar-refractivity contribution in [3.8, 4) is 0 Å². The van der Waals surface area contributed by atoms with Gasteiger partial charge in [0.2, 0.25) is 5.16 Å². The van der Waals surface area contributed by atoms with Crippen molar-refractivity contribution >= 4 is 24.2 Å². The molecule has 1 aromatic carbocycles. The molecule has 20 heavy (non-hydrogen) atoms. The number of tetrazole rings is 1. The minimum atomic E-state index is 0. The van der Waals surface area contributed by atoms with E-state index in [4.69, 9.17) is 0 Å². The quantitative estimate of drug-likeness (QED) is 0.627. The molecule has 0 spiro atoms. The summed E-state index contributed by atoms with van der Waals surface area (Å²) in [6, 6.07) is 10.6. The Bertz CT molecular complexity index is 491. The Kier molecular flexibility index (Phi) is 7.58. The molecule has 1 atom stereocenters. The number of nitrogens with zero attached hydrogens (tertiary/aromatic N) is 4. The molecule has 7 heteroatoms. The van der Waals surface area contributed by atoms with Crippen LogP contribution < -0.4 is 5.32 Å². The van der Waals surface area contributed by atoms with Gasteiger partial charge in [-0.3, -0.25) is 0 Å². The fourth-order valence-corrected chi connectivity index (χ4v) is 2.52. The Hall–Kier alpha value is -1.11. The number of aromatic nitrogens is 4. The largest absolute Gasteiger partial charge is 0.315 e. The molecule has 0 amide bonds. The topological polar surface area (TPSA) is 55.6 Å². The number of hydrogen-bond acceptors (Lipinski definition) is 5. The second-order valence-electron chi connectivity index (χ2n) is 4.45. The molecule has 2 aromatic rings. The second kappa shape index (κ2) is 8.94. The molecule has 1 N–H and O–H groups in total. The summed E-state index contributed by atoms with van der Waals surface area (Å²) in [7, 11) is 1.85. The molecule has 1 unspecified atom stereocenters. The summed E-state index contributed by atoms with van der Waals surface area (Å²) in [6.07, 6.45) is 0. The summed E-state index contributed by atoms with van der Waals surface area (Å²) in [5, 5.41) is 15.7. The van der Waals surface area contributed by atoms with Crippen LogP contribution in [0.15, 0.2) is 35.5 Å². The number of halogens is 1. The van der Waals surface area contributed by atoms with Crippen molar-refractivity contribution < 1.29 is 0 Å². The fourth-order valence-electron chi connectivity index (χ4n) is 1.78. The van der Waals surface area contributed by atoms with Crippen LogP contribution in [0.2, 0.25) is 0 Å².